The molecule has 0 fully saturated rings. The molecule has 8 amide bonds. The zero-order chi connectivity index (χ0) is 57.2. The minimum absolute atomic E-state index is 0.0364. The zero-order valence-electron chi connectivity index (χ0n) is 43.0. The third-order valence-electron chi connectivity index (χ3n) is 11.8. The Bertz CT molecular complexity index is 2290. The van der Waals surface area contributed by atoms with Crippen molar-refractivity contribution in [2.24, 2.45) is 34.0 Å². The van der Waals surface area contributed by atoms with Crippen LogP contribution < -0.4 is 59.7 Å². The molecular formula is C47H74N14O13S2. The van der Waals surface area contributed by atoms with Crippen LogP contribution in [0.4, 0.5) is 0 Å². The van der Waals surface area contributed by atoms with Crippen LogP contribution in [-0.2, 0) is 60.8 Å². The summed E-state index contributed by atoms with van der Waals surface area (Å²) in [4.78, 5) is 145. The number of carbonyl (C=O) groups excluding carboxylic acids is 8. The van der Waals surface area contributed by atoms with Gasteiger partial charge in [-0.1, -0.05) is 64.4 Å². The van der Waals surface area contributed by atoms with Gasteiger partial charge in [0.15, 0.2) is 5.96 Å². The number of carboxylic acid groups (broad SMARTS) is 2. The number of nitrogens with two attached hydrogens (primary N) is 3. The third-order valence-corrected chi connectivity index (χ3v) is 12.6. The second-order valence-electron chi connectivity index (χ2n) is 18.3. The van der Waals surface area contributed by atoms with Crippen molar-refractivity contribution >= 4 is 90.4 Å². The third kappa shape index (κ3) is 22.5. The number of aromatic amines is 1. The van der Waals surface area contributed by atoms with E-state index in [0.29, 0.717) is 17.7 Å². The first-order valence-corrected chi connectivity index (χ1v) is 25.7. The number of guanidine groups is 1. The smallest absolute Gasteiger partial charge is 0.327 e. The summed E-state index contributed by atoms with van der Waals surface area (Å²) in [5, 5.41) is 50.0. The van der Waals surface area contributed by atoms with E-state index in [2.05, 4.69) is 82.8 Å². The lowest BCUT2D eigenvalue weighted by molar-refractivity contribution is -0.141. The lowest BCUT2D eigenvalue weighted by atomic mass is 9.97. The maximum Gasteiger partial charge on any atom is 0.327 e. The molecule has 1 heterocycles. The van der Waals surface area contributed by atoms with Gasteiger partial charge in [0.2, 0.25) is 47.3 Å². The summed E-state index contributed by atoms with van der Waals surface area (Å²) in [5.41, 5.74) is 17.7. The van der Waals surface area contributed by atoms with Gasteiger partial charge in [0, 0.05) is 49.2 Å². The highest BCUT2D eigenvalue weighted by Crippen LogP contribution is 2.13. The van der Waals surface area contributed by atoms with E-state index in [9.17, 15) is 63.3 Å². The van der Waals surface area contributed by atoms with Gasteiger partial charge in [-0.3, -0.25) is 48.1 Å². The molecule has 11 atom stereocenters. The number of aliphatic hydroxyl groups excluding tert-OH is 1. The highest BCUT2D eigenvalue weighted by Gasteiger charge is 2.37. The molecule has 27 nitrogen and oxygen atoms in total. The molecule has 18 N–H and O–H groups in total. The number of hydrogen-bond donors (Lipinski definition) is 17. The van der Waals surface area contributed by atoms with E-state index in [1.165, 1.54) is 12.5 Å². The number of carbonyl (C=O) groups is 10. The van der Waals surface area contributed by atoms with Gasteiger partial charge in [-0.15, -0.1) is 0 Å². The number of nitrogens with one attached hydrogen (secondary N) is 9. The van der Waals surface area contributed by atoms with Crippen molar-refractivity contribution in [2.45, 2.75) is 140 Å². The molecule has 0 saturated carbocycles. The number of imidazole rings is 1. The number of hydrogen-bond acceptors (Lipinski definition) is 16. The summed E-state index contributed by atoms with van der Waals surface area (Å²) in [6.45, 7) is 7.71. The van der Waals surface area contributed by atoms with Gasteiger partial charge in [-0.05, 0) is 43.6 Å². The van der Waals surface area contributed by atoms with Gasteiger partial charge in [-0.2, -0.15) is 25.3 Å². The number of carboxylic acids is 2. The Balaban J connectivity index is 2.48. The molecule has 0 radical (unpaired) electrons. The molecule has 0 aliphatic rings. The summed E-state index contributed by atoms with van der Waals surface area (Å²) in [5.74, 6) is -11.8. The normalized spacial score (nSPS) is 15.4. The topological polar surface area (TPSA) is 447 Å². The number of benzene rings is 1. The number of aromatic nitrogens is 2. The van der Waals surface area contributed by atoms with E-state index in [0.717, 1.165) is 6.92 Å². The van der Waals surface area contributed by atoms with E-state index in [1.54, 1.807) is 58.0 Å². The second kappa shape index (κ2) is 33.1. The molecule has 29 heteroatoms. The summed E-state index contributed by atoms with van der Waals surface area (Å²) in [6, 6.07) is -4.39. The fourth-order valence-corrected chi connectivity index (χ4v) is 7.61. The Morgan fingerprint density at radius 1 is 0.645 bits per heavy atom. The lowest BCUT2D eigenvalue weighted by Crippen LogP contribution is -2.62. The minimum atomic E-state index is -1.83. The van der Waals surface area contributed by atoms with E-state index in [-0.39, 0.29) is 49.7 Å². The number of amides is 8. The summed E-state index contributed by atoms with van der Waals surface area (Å²) in [7, 11) is 0. The van der Waals surface area contributed by atoms with Gasteiger partial charge in [0.05, 0.1) is 18.5 Å². The van der Waals surface area contributed by atoms with Crippen LogP contribution in [0.25, 0.3) is 0 Å². The molecule has 2 rings (SSSR count). The highest BCUT2D eigenvalue weighted by molar-refractivity contribution is 7.80. The Morgan fingerprint density at radius 2 is 1.14 bits per heavy atom. The van der Waals surface area contributed by atoms with Crippen molar-refractivity contribution in [1.82, 2.24) is 52.5 Å². The van der Waals surface area contributed by atoms with Gasteiger partial charge >= 0.3 is 11.9 Å². The molecule has 0 aliphatic heterocycles. The molecule has 76 heavy (non-hydrogen) atoms. The van der Waals surface area contributed by atoms with E-state index in [1.807, 2.05) is 0 Å². The molecule has 0 aliphatic carbocycles. The van der Waals surface area contributed by atoms with E-state index in [4.69, 9.17) is 17.2 Å². The predicted molar refractivity (Wildman–Crippen MR) is 284 cm³/mol. The van der Waals surface area contributed by atoms with Crippen molar-refractivity contribution in [2.75, 3.05) is 18.1 Å². The number of aliphatic imine (C=N–C) groups is 1. The molecule has 1 aromatic carbocycles. The second-order valence-corrected chi connectivity index (χ2v) is 19.0. The van der Waals surface area contributed by atoms with E-state index >= 15 is 0 Å². The monoisotopic (exact) mass is 1110 g/mol. The molecule has 0 bridgehead atoms. The molecule has 422 valence electrons. The van der Waals surface area contributed by atoms with Crippen LogP contribution in [0.2, 0.25) is 0 Å². The van der Waals surface area contributed by atoms with Gasteiger partial charge in [0.25, 0.3) is 0 Å². The standard InChI is InChI=1S/C47H74N14O13S2/c1-6-24(4)36(60-38(65)28(48)20-75)44(71)55-30(14-15-34(63)64)39(66)54-29(13-10-16-52-47(49)50)40(67)61-37(25(5)62)45(72)57-32(18-27-19-51-22-53-27)42(69)59-35(23(2)3)43(70)56-31(17-26-11-8-7-9-12-26)41(68)58-33(21-76)46(73)74/h7-9,11-12,19,22-25,28-33,35-37,62,75-76H,6,10,13-18,20-21,48H2,1-5H3,(H,51,53)(H,54,66)(H,55,71)(H,56,70)(H,57,72)(H,58,68)(H,59,69)(H,60,65)(H,61,67)(H,63,64)(H,73,74)(H4,49,50,52)/t24-,25+,28-,29-,30-,31-,32-,33-,35-,36-,37-/m0/s1. The Labute approximate surface area is 450 Å². The van der Waals surface area contributed by atoms with Gasteiger partial charge < -0.3 is 80.0 Å². The zero-order valence-corrected chi connectivity index (χ0v) is 44.8. The summed E-state index contributed by atoms with van der Waals surface area (Å²) < 4.78 is 0. The van der Waals surface area contributed by atoms with E-state index < -0.39 is 144 Å². The van der Waals surface area contributed by atoms with Crippen molar-refractivity contribution in [1.29, 1.82) is 0 Å². The first kappa shape index (κ1) is 65.1. The fourth-order valence-electron chi connectivity index (χ4n) is 7.20. The SMILES string of the molecule is CC[C@H](C)[C@H](NC(=O)[C@@H](N)CS)C(=O)N[C@@H](CCC(=O)O)C(=O)N[C@@H](CCCN=C(N)N)C(=O)N[C@H](C(=O)N[C@@H](Cc1cnc[nH]1)C(=O)N[C@H](C(=O)N[C@@H](Cc1ccccc1)C(=O)N[C@@H](CS)C(=O)O)C(C)C)[C@@H](C)O. The molecule has 2 aromatic rings. The quantitative estimate of drug-likeness (QED) is 0.0139. The van der Waals surface area contributed by atoms with Crippen LogP contribution in [0.1, 0.15) is 78.0 Å². The van der Waals surface area contributed by atoms with Crippen LogP contribution in [0, 0.1) is 11.8 Å². The lowest BCUT2D eigenvalue weighted by Gasteiger charge is -2.30. The Kier molecular flexibility index (Phi) is 28.4. The van der Waals surface area contributed by atoms with Gasteiger partial charge in [-0.25, -0.2) is 9.78 Å². The average Bonchev–Trinajstić information content (AvgIpc) is 3.89. The first-order valence-electron chi connectivity index (χ1n) is 24.4. The molecule has 1 aromatic heterocycles. The summed E-state index contributed by atoms with van der Waals surface area (Å²) in [6.07, 6.45) is -0.259. The molecule has 0 saturated heterocycles. The van der Waals surface area contributed by atoms with Crippen molar-refractivity contribution in [3.05, 3.63) is 54.1 Å². The fraction of sp³-hybridized carbons (Fsp3) is 0.574. The molecular weight excluding hydrogens is 1030 g/mol. The number of aliphatic hydroxyl groups is 1. The van der Waals surface area contributed by atoms with Crippen molar-refractivity contribution < 1.29 is 63.3 Å². The van der Waals surface area contributed by atoms with Crippen LogP contribution in [0.15, 0.2) is 47.8 Å². The largest absolute Gasteiger partial charge is 0.481 e. The Hall–Kier alpha value is -6.98. The van der Waals surface area contributed by atoms with Crippen molar-refractivity contribution in [3.8, 4) is 0 Å². The molecule has 0 spiro atoms. The van der Waals surface area contributed by atoms with Crippen LogP contribution >= 0.6 is 25.3 Å². The van der Waals surface area contributed by atoms with Gasteiger partial charge in [0.1, 0.15) is 48.3 Å². The van der Waals surface area contributed by atoms with Crippen LogP contribution in [0.3, 0.4) is 0 Å². The maximum absolute atomic E-state index is 14.2. The number of rotatable bonds is 34. The number of aliphatic carboxylic acids is 2. The molecule has 0 unspecified atom stereocenters. The number of thiol groups is 2. The maximum atomic E-state index is 14.2. The highest BCUT2D eigenvalue weighted by atomic mass is 32.1. The number of nitrogens with zero attached hydrogens (tertiary/aromatic N) is 2. The van der Waals surface area contributed by atoms with Crippen LogP contribution in [-0.4, -0.2) is 169 Å². The Morgan fingerprint density at radius 3 is 1.67 bits per heavy atom. The summed E-state index contributed by atoms with van der Waals surface area (Å²) >= 11 is 8.03. The average molecular weight is 1110 g/mol. The predicted octanol–water partition coefficient (Wildman–Crippen LogP) is -3.65. The van der Waals surface area contributed by atoms with Crippen molar-refractivity contribution in [3.63, 3.8) is 0 Å². The first-order chi connectivity index (χ1) is 35.8. The minimum Gasteiger partial charge on any atom is -0.481 e. The van der Waals surface area contributed by atoms with Crippen LogP contribution in [0.5, 0.6) is 0 Å². The number of H-pyrrole nitrogens is 1.